The number of nitrogens with two attached hydrogens (primary N) is 1. The van der Waals surface area contributed by atoms with Gasteiger partial charge in [-0.05, 0) is 18.9 Å². The maximum atomic E-state index is 13.6. The molecule has 0 atom stereocenters. The van der Waals surface area contributed by atoms with Crippen LogP contribution < -0.4 is 11.1 Å². The molecule has 104 valence electrons. The minimum atomic E-state index is -0.263. The lowest BCUT2D eigenvalue weighted by molar-refractivity contribution is 0.613. The van der Waals surface area contributed by atoms with Gasteiger partial charge in [-0.3, -0.25) is 0 Å². The summed E-state index contributed by atoms with van der Waals surface area (Å²) in [7, 11) is 0. The van der Waals surface area contributed by atoms with Crippen LogP contribution in [0.5, 0.6) is 0 Å². The number of aromatic nitrogens is 2. The van der Waals surface area contributed by atoms with Crippen molar-refractivity contribution in [2.24, 2.45) is 0 Å². The molecule has 6 heteroatoms. The molecule has 1 aliphatic rings. The molecular formula is C14H14ClFN4. The van der Waals surface area contributed by atoms with E-state index in [0.29, 0.717) is 35.4 Å². The van der Waals surface area contributed by atoms with E-state index in [0.717, 1.165) is 12.8 Å². The van der Waals surface area contributed by atoms with Crippen molar-refractivity contribution in [2.75, 3.05) is 11.1 Å². The van der Waals surface area contributed by atoms with Crippen LogP contribution in [0.4, 0.5) is 15.9 Å². The van der Waals surface area contributed by atoms with Crippen LogP contribution >= 0.6 is 11.6 Å². The minimum Gasteiger partial charge on any atom is -0.393 e. The number of halogens is 2. The van der Waals surface area contributed by atoms with Crippen LogP contribution in [-0.2, 0) is 6.54 Å². The Balaban J connectivity index is 1.81. The first kappa shape index (κ1) is 13.1. The van der Waals surface area contributed by atoms with Gasteiger partial charge < -0.3 is 11.1 Å². The van der Waals surface area contributed by atoms with E-state index in [4.69, 9.17) is 17.3 Å². The van der Waals surface area contributed by atoms with Gasteiger partial charge >= 0.3 is 0 Å². The SMILES string of the molecule is Nc1c(Cl)nc(C2CC2)nc1NCc1ccccc1F. The Bertz CT molecular complexity index is 643. The lowest BCUT2D eigenvalue weighted by atomic mass is 10.2. The van der Waals surface area contributed by atoms with Crippen molar-refractivity contribution in [3.05, 3.63) is 46.6 Å². The van der Waals surface area contributed by atoms with E-state index in [1.807, 2.05) is 0 Å². The molecule has 0 spiro atoms. The molecule has 1 aromatic heterocycles. The number of nitrogens with zero attached hydrogens (tertiary/aromatic N) is 2. The molecule has 0 radical (unpaired) electrons. The molecule has 1 saturated carbocycles. The first-order valence-corrected chi connectivity index (χ1v) is 6.83. The predicted molar refractivity (Wildman–Crippen MR) is 77.2 cm³/mol. The number of benzene rings is 1. The average molecular weight is 293 g/mol. The number of hydrogen-bond donors (Lipinski definition) is 2. The predicted octanol–water partition coefficient (Wildman–Crippen LogP) is 3.34. The summed E-state index contributed by atoms with van der Waals surface area (Å²) in [6.45, 7) is 0.300. The van der Waals surface area contributed by atoms with Gasteiger partial charge in [0.15, 0.2) is 11.0 Å². The fraction of sp³-hybridized carbons (Fsp3) is 0.286. The molecule has 0 aliphatic heterocycles. The van der Waals surface area contributed by atoms with Crippen LogP contribution in [0.15, 0.2) is 24.3 Å². The average Bonchev–Trinajstić information content (AvgIpc) is 3.26. The van der Waals surface area contributed by atoms with E-state index in [2.05, 4.69) is 15.3 Å². The molecule has 4 nitrogen and oxygen atoms in total. The Morgan fingerprint density at radius 2 is 2.05 bits per heavy atom. The normalized spacial score (nSPS) is 14.3. The number of rotatable bonds is 4. The van der Waals surface area contributed by atoms with E-state index in [9.17, 15) is 4.39 Å². The summed E-state index contributed by atoms with van der Waals surface area (Å²) in [6, 6.07) is 6.57. The second-order valence-electron chi connectivity index (χ2n) is 4.85. The summed E-state index contributed by atoms with van der Waals surface area (Å²) in [4.78, 5) is 8.57. The van der Waals surface area contributed by atoms with Gasteiger partial charge in [0.2, 0.25) is 0 Å². The maximum Gasteiger partial charge on any atom is 0.157 e. The second kappa shape index (κ2) is 5.25. The number of hydrogen-bond acceptors (Lipinski definition) is 4. The zero-order valence-electron chi connectivity index (χ0n) is 10.7. The van der Waals surface area contributed by atoms with E-state index in [1.165, 1.54) is 6.07 Å². The van der Waals surface area contributed by atoms with E-state index in [-0.39, 0.29) is 11.0 Å². The molecule has 2 aromatic rings. The Morgan fingerprint density at radius 3 is 2.75 bits per heavy atom. The highest BCUT2D eigenvalue weighted by molar-refractivity contribution is 6.32. The van der Waals surface area contributed by atoms with Gasteiger partial charge in [-0.1, -0.05) is 29.8 Å². The Kier molecular flexibility index (Phi) is 3.44. The van der Waals surface area contributed by atoms with Gasteiger partial charge in [-0.2, -0.15) is 0 Å². The molecule has 1 fully saturated rings. The topological polar surface area (TPSA) is 63.8 Å². The molecule has 0 bridgehead atoms. The number of anilines is 2. The molecule has 1 aromatic carbocycles. The molecule has 0 saturated heterocycles. The van der Waals surface area contributed by atoms with Crippen molar-refractivity contribution in [2.45, 2.75) is 25.3 Å². The third-order valence-corrected chi connectivity index (χ3v) is 3.55. The first-order valence-electron chi connectivity index (χ1n) is 6.45. The van der Waals surface area contributed by atoms with Crippen molar-refractivity contribution in [1.82, 2.24) is 9.97 Å². The van der Waals surface area contributed by atoms with Crippen molar-refractivity contribution in [3.8, 4) is 0 Å². The number of nitrogen functional groups attached to an aromatic ring is 1. The minimum absolute atomic E-state index is 0.248. The maximum absolute atomic E-state index is 13.6. The summed E-state index contributed by atoms with van der Waals surface area (Å²) in [5.74, 6) is 1.29. The van der Waals surface area contributed by atoms with Crippen molar-refractivity contribution >= 4 is 23.1 Å². The van der Waals surface area contributed by atoms with Crippen LogP contribution in [0, 0.1) is 5.82 Å². The molecule has 20 heavy (non-hydrogen) atoms. The molecule has 1 aliphatic carbocycles. The Hall–Kier alpha value is -1.88. The zero-order valence-corrected chi connectivity index (χ0v) is 11.5. The standard InChI is InChI=1S/C14H14ClFN4/c15-12-11(17)14(20-13(19-12)8-5-6-8)18-7-9-3-1-2-4-10(9)16/h1-4,8H,5-7,17H2,(H,18,19,20). The van der Waals surface area contributed by atoms with E-state index >= 15 is 0 Å². The van der Waals surface area contributed by atoms with E-state index < -0.39 is 0 Å². The van der Waals surface area contributed by atoms with Crippen LogP contribution in [0.25, 0.3) is 0 Å². The third-order valence-electron chi connectivity index (χ3n) is 3.26. The fourth-order valence-electron chi connectivity index (χ4n) is 1.94. The summed E-state index contributed by atoms with van der Waals surface area (Å²) in [6.07, 6.45) is 2.15. The van der Waals surface area contributed by atoms with Crippen molar-refractivity contribution in [3.63, 3.8) is 0 Å². The monoisotopic (exact) mass is 292 g/mol. The van der Waals surface area contributed by atoms with Crippen LogP contribution in [0.3, 0.4) is 0 Å². The Labute approximate surface area is 121 Å². The van der Waals surface area contributed by atoms with Crippen molar-refractivity contribution < 1.29 is 4.39 Å². The van der Waals surface area contributed by atoms with Crippen molar-refractivity contribution in [1.29, 1.82) is 0 Å². The highest BCUT2D eigenvalue weighted by atomic mass is 35.5. The largest absolute Gasteiger partial charge is 0.393 e. The molecule has 0 amide bonds. The lowest BCUT2D eigenvalue weighted by Gasteiger charge is -2.11. The summed E-state index contributed by atoms with van der Waals surface area (Å²) in [5.41, 5.74) is 6.71. The zero-order chi connectivity index (χ0) is 14.1. The smallest absolute Gasteiger partial charge is 0.157 e. The summed E-state index contributed by atoms with van der Waals surface area (Å²) < 4.78 is 13.6. The first-order chi connectivity index (χ1) is 9.65. The van der Waals surface area contributed by atoms with Crippen LogP contribution in [0.2, 0.25) is 5.15 Å². The highest BCUT2D eigenvalue weighted by Gasteiger charge is 2.28. The molecule has 1 heterocycles. The second-order valence-corrected chi connectivity index (χ2v) is 5.21. The summed E-state index contributed by atoms with van der Waals surface area (Å²) >= 11 is 6.01. The van der Waals surface area contributed by atoms with Gasteiger partial charge in [0, 0.05) is 18.0 Å². The van der Waals surface area contributed by atoms with Gasteiger partial charge in [-0.15, -0.1) is 0 Å². The van der Waals surface area contributed by atoms with Gasteiger partial charge in [-0.25, -0.2) is 14.4 Å². The van der Waals surface area contributed by atoms with Crippen LogP contribution in [-0.4, -0.2) is 9.97 Å². The molecule has 3 N–H and O–H groups in total. The molecule has 3 rings (SSSR count). The van der Waals surface area contributed by atoms with Gasteiger partial charge in [0.25, 0.3) is 0 Å². The highest BCUT2D eigenvalue weighted by Crippen LogP contribution is 2.40. The Morgan fingerprint density at radius 1 is 1.30 bits per heavy atom. The fourth-order valence-corrected chi connectivity index (χ4v) is 2.11. The lowest BCUT2D eigenvalue weighted by Crippen LogP contribution is -2.09. The van der Waals surface area contributed by atoms with Crippen LogP contribution in [0.1, 0.15) is 30.1 Å². The third kappa shape index (κ3) is 2.67. The summed E-state index contributed by atoms with van der Waals surface area (Å²) in [5, 5.41) is 3.28. The van der Waals surface area contributed by atoms with Gasteiger partial charge in [0.05, 0.1) is 0 Å². The van der Waals surface area contributed by atoms with E-state index in [1.54, 1.807) is 18.2 Å². The molecule has 0 unspecified atom stereocenters. The molecular weight excluding hydrogens is 279 g/mol. The van der Waals surface area contributed by atoms with Gasteiger partial charge in [0.1, 0.15) is 17.3 Å². The number of nitrogens with one attached hydrogen (secondary N) is 1. The quantitative estimate of drug-likeness (QED) is 0.848.